The van der Waals surface area contributed by atoms with Gasteiger partial charge in [0, 0.05) is 57.7 Å². The van der Waals surface area contributed by atoms with E-state index in [0.717, 1.165) is 42.4 Å². The molecule has 7 nitrogen and oxygen atoms in total. The maximum atomic E-state index is 12.3. The van der Waals surface area contributed by atoms with Gasteiger partial charge in [0.05, 0.1) is 12.3 Å². The van der Waals surface area contributed by atoms with Gasteiger partial charge < -0.3 is 19.9 Å². The molecule has 174 valence electrons. The predicted octanol–water partition coefficient (Wildman–Crippen LogP) is 3.81. The number of rotatable bonds is 7. The van der Waals surface area contributed by atoms with Gasteiger partial charge in [-0.3, -0.25) is 0 Å². The molecule has 0 atom stereocenters. The Labute approximate surface area is 192 Å². The van der Waals surface area contributed by atoms with Gasteiger partial charge in [-0.2, -0.15) is 0 Å². The monoisotopic (exact) mass is 439 g/mol. The van der Waals surface area contributed by atoms with Crippen LogP contribution in [0.25, 0.3) is 0 Å². The van der Waals surface area contributed by atoms with Crippen LogP contribution >= 0.6 is 0 Å². The number of aryl methyl sites for hydroxylation is 2. The Morgan fingerprint density at radius 3 is 2.50 bits per heavy atom. The SMILES string of the molecule is CCNC(=O)N1CCN(c2nc(C(C)C)nc(COC)c2Cc2cc(C)ccc2C)CC1. The van der Waals surface area contributed by atoms with Gasteiger partial charge in [-0.05, 0) is 31.9 Å². The summed E-state index contributed by atoms with van der Waals surface area (Å²) in [6.45, 7) is 14.4. The van der Waals surface area contributed by atoms with Crippen molar-refractivity contribution >= 4 is 11.8 Å². The molecule has 0 unspecified atom stereocenters. The Morgan fingerprint density at radius 2 is 1.88 bits per heavy atom. The molecular weight excluding hydrogens is 402 g/mol. The fourth-order valence-corrected chi connectivity index (χ4v) is 4.06. The third-order valence-electron chi connectivity index (χ3n) is 5.95. The zero-order chi connectivity index (χ0) is 23.3. The highest BCUT2D eigenvalue weighted by atomic mass is 16.5. The van der Waals surface area contributed by atoms with Crippen LogP contribution < -0.4 is 10.2 Å². The molecule has 0 bridgehead atoms. The Bertz CT molecular complexity index is 936. The number of methoxy groups -OCH3 is 1. The fourth-order valence-electron chi connectivity index (χ4n) is 4.06. The summed E-state index contributed by atoms with van der Waals surface area (Å²) in [5, 5.41) is 2.90. The lowest BCUT2D eigenvalue weighted by Crippen LogP contribution is -2.52. The number of benzene rings is 1. The first-order valence-corrected chi connectivity index (χ1v) is 11.6. The number of piperazine rings is 1. The zero-order valence-corrected chi connectivity index (χ0v) is 20.4. The third kappa shape index (κ3) is 5.57. The van der Waals surface area contributed by atoms with Gasteiger partial charge in [0.2, 0.25) is 0 Å². The summed E-state index contributed by atoms with van der Waals surface area (Å²) in [6.07, 6.45) is 0.760. The second kappa shape index (κ2) is 10.8. The number of ether oxygens (including phenoxy) is 1. The van der Waals surface area contributed by atoms with E-state index in [1.165, 1.54) is 16.7 Å². The number of carbonyl (C=O) groups excluding carboxylic acids is 1. The molecule has 1 saturated heterocycles. The Kier molecular flexibility index (Phi) is 8.07. The van der Waals surface area contributed by atoms with Crippen molar-refractivity contribution in [1.82, 2.24) is 20.2 Å². The lowest BCUT2D eigenvalue weighted by Gasteiger charge is -2.36. The molecule has 2 aromatic rings. The van der Waals surface area contributed by atoms with Gasteiger partial charge in [0.25, 0.3) is 0 Å². The molecule has 1 aromatic heterocycles. The smallest absolute Gasteiger partial charge is 0.317 e. The van der Waals surface area contributed by atoms with Crippen molar-refractivity contribution in [2.75, 3.05) is 44.7 Å². The minimum atomic E-state index is 0.00777. The minimum absolute atomic E-state index is 0.00777. The van der Waals surface area contributed by atoms with E-state index in [2.05, 4.69) is 56.1 Å². The van der Waals surface area contributed by atoms with E-state index in [1.807, 2.05) is 11.8 Å². The summed E-state index contributed by atoms with van der Waals surface area (Å²) in [7, 11) is 1.71. The van der Waals surface area contributed by atoms with E-state index in [4.69, 9.17) is 14.7 Å². The number of carbonyl (C=O) groups is 1. The van der Waals surface area contributed by atoms with Gasteiger partial charge in [-0.25, -0.2) is 14.8 Å². The summed E-state index contributed by atoms with van der Waals surface area (Å²) < 4.78 is 5.54. The van der Waals surface area contributed by atoms with Crippen molar-refractivity contribution < 1.29 is 9.53 Å². The highest BCUT2D eigenvalue weighted by molar-refractivity contribution is 5.74. The molecule has 1 aliphatic rings. The number of nitrogens with zero attached hydrogens (tertiary/aromatic N) is 4. The molecular formula is C25H37N5O2. The van der Waals surface area contributed by atoms with Gasteiger partial charge in [-0.15, -0.1) is 0 Å². The Hall–Kier alpha value is -2.67. The van der Waals surface area contributed by atoms with Crippen LogP contribution in [0.15, 0.2) is 18.2 Å². The number of hydrogen-bond donors (Lipinski definition) is 1. The van der Waals surface area contributed by atoms with Crippen molar-refractivity contribution in [1.29, 1.82) is 0 Å². The van der Waals surface area contributed by atoms with Gasteiger partial charge in [0.15, 0.2) is 0 Å². The highest BCUT2D eigenvalue weighted by Crippen LogP contribution is 2.29. The van der Waals surface area contributed by atoms with Gasteiger partial charge in [0.1, 0.15) is 11.6 Å². The summed E-state index contributed by atoms with van der Waals surface area (Å²) in [6, 6.07) is 6.58. The molecule has 1 aliphatic heterocycles. The third-order valence-corrected chi connectivity index (χ3v) is 5.95. The second-order valence-corrected chi connectivity index (χ2v) is 8.83. The number of amides is 2. The number of urea groups is 1. The summed E-state index contributed by atoms with van der Waals surface area (Å²) in [5.74, 6) is 2.03. The Morgan fingerprint density at radius 1 is 1.16 bits per heavy atom. The van der Waals surface area contributed by atoms with E-state index in [9.17, 15) is 4.79 Å². The topological polar surface area (TPSA) is 70.6 Å². The van der Waals surface area contributed by atoms with Gasteiger partial charge in [-0.1, -0.05) is 37.6 Å². The highest BCUT2D eigenvalue weighted by Gasteiger charge is 2.26. The van der Waals surface area contributed by atoms with E-state index in [-0.39, 0.29) is 11.9 Å². The minimum Gasteiger partial charge on any atom is -0.378 e. The molecule has 7 heteroatoms. The van der Waals surface area contributed by atoms with Crippen LogP contribution in [0, 0.1) is 13.8 Å². The molecule has 1 aromatic carbocycles. The quantitative estimate of drug-likeness (QED) is 0.710. The first kappa shape index (κ1) is 24.0. The molecule has 0 aliphatic carbocycles. The van der Waals surface area contributed by atoms with Crippen LogP contribution in [-0.2, 0) is 17.8 Å². The van der Waals surface area contributed by atoms with Crippen molar-refractivity contribution in [2.45, 2.75) is 53.6 Å². The maximum absolute atomic E-state index is 12.3. The van der Waals surface area contributed by atoms with Crippen LogP contribution in [0.4, 0.5) is 10.6 Å². The van der Waals surface area contributed by atoms with Crippen molar-refractivity contribution in [3.63, 3.8) is 0 Å². The normalized spacial score (nSPS) is 14.2. The molecule has 0 radical (unpaired) electrons. The van der Waals surface area contributed by atoms with E-state index in [1.54, 1.807) is 7.11 Å². The molecule has 3 rings (SSSR count). The average Bonchev–Trinajstić information content (AvgIpc) is 2.77. The number of aromatic nitrogens is 2. The van der Waals surface area contributed by atoms with Gasteiger partial charge >= 0.3 is 6.03 Å². The van der Waals surface area contributed by atoms with Crippen LogP contribution in [-0.4, -0.2) is 60.7 Å². The molecule has 1 N–H and O–H groups in total. The van der Waals surface area contributed by atoms with Crippen molar-refractivity contribution in [3.8, 4) is 0 Å². The summed E-state index contributed by atoms with van der Waals surface area (Å²) in [4.78, 5) is 26.4. The molecule has 0 saturated carbocycles. The molecule has 2 amide bonds. The first-order valence-electron chi connectivity index (χ1n) is 11.6. The number of nitrogens with one attached hydrogen (secondary N) is 1. The van der Waals surface area contributed by atoms with Crippen LogP contribution in [0.1, 0.15) is 60.5 Å². The second-order valence-electron chi connectivity index (χ2n) is 8.83. The number of anilines is 1. The largest absolute Gasteiger partial charge is 0.378 e. The van der Waals surface area contributed by atoms with Crippen LogP contribution in [0.2, 0.25) is 0 Å². The van der Waals surface area contributed by atoms with E-state index in [0.29, 0.717) is 26.2 Å². The average molecular weight is 440 g/mol. The molecule has 32 heavy (non-hydrogen) atoms. The van der Waals surface area contributed by atoms with Crippen molar-refractivity contribution in [2.24, 2.45) is 0 Å². The molecule has 2 heterocycles. The van der Waals surface area contributed by atoms with E-state index < -0.39 is 0 Å². The molecule has 0 spiro atoms. The van der Waals surface area contributed by atoms with Crippen molar-refractivity contribution in [3.05, 3.63) is 52.0 Å². The predicted molar refractivity (Wildman–Crippen MR) is 128 cm³/mol. The summed E-state index contributed by atoms with van der Waals surface area (Å²) in [5.41, 5.74) is 5.87. The fraction of sp³-hybridized carbons (Fsp3) is 0.560. The van der Waals surface area contributed by atoms with E-state index >= 15 is 0 Å². The van der Waals surface area contributed by atoms with Crippen LogP contribution in [0.5, 0.6) is 0 Å². The van der Waals surface area contributed by atoms with Crippen LogP contribution in [0.3, 0.4) is 0 Å². The summed E-state index contributed by atoms with van der Waals surface area (Å²) >= 11 is 0. The maximum Gasteiger partial charge on any atom is 0.317 e. The lowest BCUT2D eigenvalue weighted by atomic mass is 9.97. The zero-order valence-electron chi connectivity index (χ0n) is 20.4. The Balaban J connectivity index is 1.99. The standard InChI is InChI=1S/C25H37N5O2/c1-7-26-25(31)30-12-10-29(11-13-30)24-21(15-20-14-18(4)8-9-19(20)5)22(16-32-6)27-23(28-24)17(2)3/h8-9,14,17H,7,10-13,15-16H2,1-6H3,(H,26,31). The number of hydrogen-bond acceptors (Lipinski definition) is 5. The lowest BCUT2D eigenvalue weighted by molar-refractivity contribution is 0.180. The molecule has 1 fully saturated rings. The first-order chi connectivity index (χ1) is 15.3.